The first-order valence-electron chi connectivity index (χ1n) is 6.06. The van der Waals surface area contributed by atoms with E-state index in [4.69, 9.17) is 9.84 Å². The van der Waals surface area contributed by atoms with Crippen molar-refractivity contribution in [3.05, 3.63) is 35.3 Å². The summed E-state index contributed by atoms with van der Waals surface area (Å²) >= 11 is 0. The number of benzene rings is 1. The molecule has 0 spiro atoms. The molecule has 0 aliphatic heterocycles. The summed E-state index contributed by atoms with van der Waals surface area (Å²) in [5, 5.41) is 9.15. The number of aromatic carboxylic acids is 1. The molecule has 0 fully saturated rings. The third-order valence-corrected chi connectivity index (χ3v) is 2.78. The molecule has 0 radical (unpaired) electrons. The van der Waals surface area contributed by atoms with E-state index in [-0.39, 0.29) is 5.69 Å². The van der Waals surface area contributed by atoms with Crippen molar-refractivity contribution >= 4 is 5.97 Å². The summed E-state index contributed by atoms with van der Waals surface area (Å²) in [7, 11) is 0. The normalized spacial score (nSPS) is 10.5. The second-order valence-electron chi connectivity index (χ2n) is 4.26. The number of aromatic nitrogens is 2. The van der Waals surface area contributed by atoms with Crippen molar-refractivity contribution in [1.82, 2.24) is 9.97 Å². The Labute approximate surface area is 111 Å². The number of imidazole rings is 1. The average Bonchev–Trinajstić information content (AvgIpc) is 2.74. The SMILES string of the molecule is CCOc1ccc(-c2nc(C)[nH]c2C(=O)O)cc1C. The first kappa shape index (κ1) is 13.1. The lowest BCUT2D eigenvalue weighted by molar-refractivity contribution is 0.0692. The number of rotatable bonds is 4. The highest BCUT2D eigenvalue weighted by Crippen LogP contribution is 2.27. The largest absolute Gasteiger partial charge is 0.494 e. The van der Waals surface area contributed by atoms with Gasteiger partial charge in [0.15, 0.2) is 5.69 Å². The van der Waals surface area contributed by atoms with E-state index in [0.717, 1.165) is 16.9 Å². The van der Waals surface area contributed by atoms with Gasteiger partial charge in [-0.15, -0.1) is 0 Å². The van der Waals surface area contributed by atoms with Crippen LogP contribution in [0.1, 0.15) is 28.8 Å². The molecule has 0 atom stereocenters. The minimum atomic E-state index is -1.01. The van der Waals surface area contributed by atoms with Crippen molar-refractivity contribution in [2.45, 2.75) is 20.8 Å². The number of H-pyrrole nitrogens is 1. The predicted molar refractivity (Wildman–Crippen MR) is 71.6 cm³/mol. The molecule has 0 bridgehead atoms. The molecule has 0 aliphatic rings. The molecule has 1 aromatic heterocycles. The van der Waals surface area contributed by atoms with Crippen LogP contribution in [0.25, 0.3) is 11.3 Å². The Hall–Kier alpha value is -2.30. The highest BCUT2D eigenvalue weighted by molar-refractivity contribution is 5.93. The first-order chi connectivity index (χ1) is 9.02. The molecule has 19 heavy (non-hydrogen) atoms. The van der Waals surface area contributed by atoms with Crippen molar-refractivity contribution in [2.75, 3.05) is 6.61 Å². The molecule has 5 nitrogen and oxygen atoms in total. The summed E-state index contributed by atoms with van der Waals surface area (Å²) in [6, 6.07) is 5.54. The van der Waals surface area contributed by atoms with Gasteiger partial charge >= 0.3 is 5.97 Å². The van der Waals surface area contributed by atoms with Crippen LogP contribution >= 0.6 is 0 Å². The maximum absolute atomic E-state index is 11.2. The third kappa shape index (κ3) is 2.59. The van der Waals surface area contributed by atoms with Gasteiger partial charge in [0.25, 0.3) is 0 Å². The number of nitrogens with one attached hydrogen (secondary N) is 1. The van der Waals surface area contributed by atoms with Crippen LogP contribution in [0.2, 0.25) is 0 Å². The molecule has 0 saturated carbocycles. The van der Waals surface area contributed by atoms with Crippen LogP contribution in [0, 0.1) is 13.8 Å². The number of aryl methyl sites for hydroxylation is 2. The number of hydrogen-bond acceptors (Lipinski definition) is 3. The minimum absolute atomic E-state index is 0.112. The van der Waals surface area contributed by atoms with Crippen LogP contribution in [0.3, 0.4) is 0 Å². The summed E-state index contributed by atoms with van der Waals surface area (Å²) in [5.74, 6) is 0.372. The Morgan fingerprint density at radius 1 is 1.42 bits per heavy atom. The molecule has 0 amide bonds. The van der Waals surface area contributed by atoms with E-state index >= 15 is 0 Å². The van der Waals surface area contributed by atoms with Gasteiger partial charge in [0.1, 0.15) is 17.3 Å². The highest BCUT2D eigenvalue weighted by atomic mass is 16.5. The summed E-state index contributed by atoms with van der Waals surface area (Å²) < 4.78 is 5.47. The van der Waals surface area contributed by atoms with Gasteiger partial charge in [-0.3, -0.25) is 0 Å². The van der Waals surface area contributed by atoms with E-state index < -0.39 is 5.97 Å². The Morgan fingerprint density at radius 2 is 2.16 bits per heavy atom. The zero-order chi connectivity index (χ0) is 14.0. The number of hydrogen-bond donors (Lipinski definition) is 2. The van der Waals surface area contributed by atoms with Crippen molar-refractivity contribution in [3.63, 3.8) is 0 Å². The van der Waals surface area contributed by atoms with Crippen molar-refractivity contribution in [3.8, 4) is 17.0 Å². The zero-order valence-electron chi connectivity index (χ0n) is 11.2. The molecule has 0 unspecified atom stereocenters. The van der Waals surface area contributed by atoms with Crippen molar-refractivity contribution in [1.29, 1.82) is 0 Å². The number of carboxylic acids is 1. The minimum Gasteiger partial charge on any atom is -0.494 e. The predicted octanol–water partition coefficient (Wildman–Crippen LogP) is 2.79. The van der Waals surface area contributed by atoms with Crippen LogP contribution in [-0.4, -0.2) is 27.7 Å². The molecule has 0 saturated heterocycles. The Bertz CT molecular complexity index is 617. The number of carboxylic acid groups (broad SMARTS) is 1. The summed E-state index contributed by atoms with van der Waals surface area (Å²) in [6.45, 7) is 6.18. The van der Waals surface area contributed by atoms with E-state index in [2.05, 4.69) is 9.97 Å². The smallest absolute Gasteiger partial charge is 0.354 e. The lowest BCUT2D eigenvalue weighted by Gasteiger charge is -2.08. The zero-order valence-corrected chi connectivity index (χ0v) is 11.2. The quantitative estimate of drug-likeness (QED) is 0.886. The summed E-state index contributed by atoms with van der Waals surface area (Å²) in [4.78, 5) is 18.2. The maximum Gasteiger partial charge on any atom is 0.354 e. The average molecular weight is 260 g/mol. The van der Waals surface area contributed by atoms with E-state index in [1.54, 1.807) is 6.92 Å². The molecular formula is C14H16N2O3. The number of ether oxygens (including phenoxy) is 1. The fourth-order valence-electron chi connectivity index (χ4n) is 1.97. The molecular weight excluding hydrogens is 244 g/mol. The van der Waals surface area contributed by atoms with Crippen molar-refractivity contribution < 1.29 is 14.6 Å². The van der Waals surface area contributed by atoms with Gasteiger partial charge in [0.2, 0.25) is 0 Å². The molecule has 1 aromatic carbocycles. The van der Waals surface area contributed by atoms with E-state index in [9.17, 15) is 4.79 Å². The summed E-state index contributed by atoms with van der Waals surface area (Å²) in [5.41, 5.74) is 2.29. The number of carbonyl (C=O) groups is 1. The van der Waals surface area contributed by atoms with Crippen molar-refractivity contribution in [2.24, 2.45) is 0 Å². The number of nitrogens with zero attached hydrogens (tertiary/aromatic N) is 1. The fourth-order valence-corrected chi connectivity index (χ4v) is 1.97. The molecule has 0 aliphatic carbocycles. The van der Waals surface area contributed by atoms with Gasteiger partial charge < -0.3 is 14.8 Å². The van der Waals surface area contributed by atoms with Gasteiger partial charge in [-0.2, -0.15) is 0 Å². The molecule has 2 aromatic rings. The second-order valence-corrected chi connectivity index (χ2v) is 4.26. The Morgan fingerprint density at radius 3 is 2.74 bits per heavy atom. The maximum atomic E-state index is 11.2. The molecule has 5 heteroatoms. The van der Waals surface area contributed by atoms with Gasteiger partial charge in [-0.1, -0.05) is 0 Å². The standard InChI is InChI=1S/C14H16N2O3/c1-4-19-11-6-5-10(7-8(11)2)12-13(14(17)18)16-9(3)15-12/h5-7H,4H2,1-3H3,(H,15,16)(H,17,18). The topological polar surface area (TPSA) is 75.2 Å². The van der Waals surface area contributed by atoms with Crippen LogP contribution in [0.15, 0.2) is 18.2 Å². The van der Waals surface area contributed by atoms with E-state index in [1.807, 2.05) is 32.0 Å². The van der Waals surface area contributed by atoms with E-state index in [1.165, 1.54) is 0 Å². The van der Waals surface area contributed by atoms with Gasteiger partial charge in [0.05, 0.1) is 6.61 Å². The molecule has 2 N–H and O–H groups in total. The molecule has 1 heterocycles. The third-order valence-electron chi connectivity index (χ3n) is 2.78. The number of aromatic amines is 1. The van der Waals surface area contributed by atoms with Gasteiger partial charge in [0, 0.05) is 5.56 Å². The van der Waals surface area contributed by atoms with Crippen LogP contribution in [-0.2, 0) is 0 Å². The lowest BCUT2D eigenvalue weighted by atomic mass is 10.1. The highest BCUT2D eigenvalue weighted by Gasteiger charge is 2.17. The van der Waals surface area contributed by atoms with E-state index in [0.29, 0.717) is 18.1 Å². The van der Waals surface area contributed by atoms with Crippen LogP contribution < -0.4 is 4.74 Å². The first-order valence-corrected chi connectivity index (χ1v) is 6.06. The fraction of sp³-hybridized carbons (Fsp3) is 0.286. The Balaban J connectivity index is 2.48. The molecule has 2 rings (SSSR count). The lowest BCUT2D eigenvalue weighted by Crippen LogP contribution is -2.00. The summed E-state index contributed by atoms with van der Waals surface area (Å²) in [6.07, 6.45) is 0. The van der Waals surface area contributed by atoms with Gasteiger partial charge in [-0.25, -0.2) is 9.78 Å². The molecule has 100 valence electrons. The monoisotopic (exact) mass is 260 g/mol. The van der Waals surface area contributed by atoms with Crippen LogP contribution in [0.5, 0.6) is 5.75 Å². The van der Waals surface area contributed by atoms with Crippen LogP contribution in [0.4, 0.5) is 0 Å². The van der Waals surface area contributed by atoms with Gasteiger partial charge in [-0.05, 0) is 44.5 Å². The second kappa shape index (κ2) is 5.14. The Kier molecular flexibility index (Phi) is 3.55.